The van der Waals surface area contributed by atoms with Crippen molar-refractivity contribution < 1.29 is 36.6 Å². The number of ether oxygens (including phenoxy) is 2. The lowest BCUT2D eigenvalue weighted by Gasteiger charge is -2.50. The largest absolute Gasteiger partial charge is 0.493 e. The molecule has 6 nitrogen and oxygen atoms in total. The third kappa shape index (κ3) is 4.21. The van der Waals surface area contributed by atoms with Crippen molar-refractivity contribution in [1.29, 1.82) is 0 Å². The summed E-state index contributed by atoms with van der Waals surface area (Å²) in [7, 11) is 2.24. The van der Waals surface area contributed by atoms with Crippen molar-refractivity contribution >= 4 is 11.8 Å². The van der Waals surface area contributed by atoms with Crippen LogP contribution in [0.5, 0.6) is 5.75 Å². The number of carbonyl (C=O) groups is 2. The molecule has 2 aliphatic rings. The highest BCUT2D eigenvalue weighted by Gasteiger charge is 2.64. The number of amides is 2. The van der Waals surface area contributed by atoms with Gasteiger partial charge in [-0.15, -0.1) is 0 Å². The number of hydrogen-bond acceptors (Lipinski definition) is 4. The van der Waals surface area contributed by atoms with Crippen molar-refractivity contribution in [2.24, 2.45) is 5.41 Å². The van der Waals surface area contributed by atoms with E-state index in [1.165, 1.54) is 37.4 Å². The molecule has 1 spiro atoms. The number of piperidine rings is 2. The molecule has 36 heavy (non-hydrogen) atoms. The van der Waals surface area contributed by atoms with Crippen LogP contribution in [0.15, 0.2) is 48.5 Å². The molecule has 194 valence electrons. The first-order valence-corrected chi connectivity index (χ1v) is 11.7. The molecule has 2 atom stereocenters. The molecule has 2 saturated heterocycles. The Morgan fingerprint density at radius 2 is 1.72 bits per heavy atom. The maximum Gasteiger partial charge on any atom is 0.430 e. The van der Waals surface area contributed by atoms with E-state index in [4.69, 9.17) is 9.47 Å². The van der Waals surface area contributed by atoms with E-state index in [9.17, 15) is 27.2 Å². The van der Waals surface area contributed by atoms with E-state index < -0.39 is 28.9 Å². The zero-order chi connectivity index (χ0) is 26.1. The average molecular weight is 509 g/mol. The first kappa shape index (κ1) is 25.9. The molecule has 0 saturated carbocycles. The Balaban J connectivity index is 1.65. The molecule has 0 bridgehead atoms. The zero-order valence-corrected chi connectivity index (χ0v) is 20.0. The van der Waals surface area contributed by atoms with Crippen molar-refractivity contribution in [2.45, 2.75) is 37.0 Å². The molecule has 1 N–H and O–H groups in total. The number of nitrogens with one attached hydrogen (secondary N) is 1. The van der Waals surface area contributed by atoms with E-state index in [0.29, 0.717) is 5.56 Å². The van der Waals surface area contributed by atoms with Gasteiger partial charge in [-0.25, -0.2) is 4.39 Å². The van der Waals surface area contributed by atoms with Crippen LogP contribution in [-0.2, 0) is 19.9 Å². The van der Waals surface area contributed by atoms with Gasteiger partial charge in [0.25, 0.3) is 11.5 Å². The number of alkyl halides is 3. The maximum atomic E-state index is 14.5. The van der Waals surface area contributed by atoms with Gasteiger partial charge in [-0.2, -0.15) is 13.2 Å². The molecule has 4 rings (SSSR count). The Morgan fingerprint density at radius 1 is 1.06 bits per heavy atom. The predicted octanol–water partition coefficient (Wildman–Crippen LogP) is 4.15. The molecule has 2 fully saturated rings. The van der Waals surface area contributed by atoms with Crippen molar-refractivity contribution in [3.05, 3.63) is 65.5 Å². The topological polar surface area (TPSA) is 67.9 Å². The molecule has 10 heteroatoms. The van der Waals surface area contributed by atoms with Crippen LogP contribution in [0.3, 0.4) is 0 Å². The van der Waals surface area contributed by atoms with Gasteiger partial charge in [0.05, 0.1) is 7.11 Å². The lowest BCUT2D eigenvalue weighted by Crippen LogP contribution is -2.60. The van der Waals surface area contributed by atoms with Gasteiger partial charge >= 0.3 is 6.18 Å². The number of halogens is 4. The second-order valence-corrected chi connectivity index (χ2v) is 9.30. The fraction of sp³-hybridized carbons (Fsp3) is 0.462. The Kier molecular flexibility index (Phi) is 7.01. The number of likely N-dealkylation sites (tertiary alicyclic amines) is 1. The molecular formula is C26H28F4N2O4. The van der Waals surface area contributed by atoms with E-state index >= 15 is 0 Å². The van der Waals surface area contributed by atoms with Crippen LogP contribution >= 0.6 is 0 Å². The van der Waals surface area contributed by atoms with Gasteiger partial charge in [0, 0.05) is 50.2 Å². The van der Waals surface area contributed by atoms with Gasteiger partial charge in [-0.05, 0) is 24.3 Å². The lowest BCUT2D eigenvalue weighted by molar-refractivity contribution is -0.271. The minimum Gasteiger partial charge on any atom is -0.493 e. The van der Waals surface area contributed by atoms with Gasteiger partial charge in [0.2, 0.25) is 5.91 Å². The van der Waals surface area contributed by atoms with Crippen LogP contribution < -0.4 is 10.1 Å². The summed E-state index contributed by atoms with van der Waals surface area (Å²) in [4.78, 5) is 27.0. The highest BCUT2D eigenvalue weighted by molar-refractivity contribution is 5.88. The van der Waals surface area contributed by atoms with Crippen LogP contribution in [0, 0.1) is 11.2 Å². The summed E-state index contributed by atoms with van der Waals surface area (Å²) in [5, 5.41) is 2.82. The number of para-hydroxylation sites is 1. The molecule has 2 heterocycles. The summed E-state index contributed by atoms with van der Waals surface area (Å²) in [6.07, 6.45) is -4.35. The molecule has 2 aliphatic heterocycles. The van der Waals surface area contributed by atoms with Gasteiger partial charge < -0.3 is 19.7 Å². The summed E-state index contributed by atoms with van der Waals surface area (Å²) >= 11 is 0. The van der Waals surface area contributed by atoms with Crippen molar-refractivity contribution in [2.75, 3.05) is 33.9 Å². The highest BCUT2D eigenvalue weighted by atomic mass is 19.4. The monoisotopic (exact) mass is 508 g/mol. The smallest absolute Gasteiger partial charge is 0.430 e. The molecule has 0 aromatic heterocycles. The van der Waals surface area contributed by atoms with Gasteiger partial charge in [-0.3, -0.25) is 9.59 Å². The molecule has 0 unspecified atom stereocenters. The third-order valence-corrected chi connectivity index (χ3v) is 7.57. The summed E-state index contributed by atoms with van der Waals surface area (Å²) in [6, 6.07) is 11.4. The van der Waals surface area contributed by atoms with E-state index in [0.717, 1.165) is 12.0 Å². The van der Waals surface area contributed by atoms with E-state index in [2.05, 4.69) is 5.32 Å². The number of carbonyl (C=O) groups excluding carboxylic acids is 2. The summed E-state index contributed by atoms with van der Waals surface area (Å²) in [5.74, 6) is -2.17. The quantitative estimate of drug-likeness (QED) is 0.617. The summed E-state index contributed by atoms with van der Waals surface area (Å²) in [5.41, 5.74) is -3.53. The summed E-state index contributed by atoms with van der Waals surface area (Å²) in [6.45, 7) is 0.226. The minimum absolute atomic E-state index is 0.00569. The van der Waals surface area contributed by atoms with E-state index in [-0.39, 0.29) is 62.0 Å². The van der Waals surface area contributed by atoms with Crippen molar-refractivity contribution in [3.63, 3.8) is 0 Å². The Morgan fingerprint density at radius 3 is 2.31 bits per heavy atom. The third-order valence-electron chi connectivity index (χ3n) is 7.57. The first-order chi connectivity index (χ1) is 17.1. The van der Waals surface area contributed by atoms with Crippen LogP contribution in [0.1, 0.15) is 36.3 Å². The van der Waals surface area contributed by atoms with Gasteiger partial charge in [-0.1, -0.05) is 42.5 Å². The first-order valence-electron chi connectivity index (χ1n) is 11.7. The molecule has 2 aromatic carbocycles. The molecular weight excluding hydrogens is 480 g/mol. The molecule has 0 aliphatic carbocycles. The van der Waals surface area contributed by atoms with Gasteiger partial charge in [0.1, 0.15) is 0 Å². The number of benzene rings is 2. The average Bonchev–Trinajstić information content (AvgIpc) is 2.85. The normalized spacial score (nSPS) is 21.6. The van der Waals surface area contributed by atoms with Crippen LogP contribution in [0.25, 0.3) is 0 Å². The van der Waals surface area contributed by atoms with Crippen LogP contribution in [0.4, 0.5) is 17.6 Å². The second kappa shape index (κ2) is 9.72. The van der Waals surface area contributed by atoms with E-state index in [1.807, 2.05) is 0 Å². The molecule has 2 aromatic rings. The second-order valence-electron chi connectivity index (χ2n) is 9.30. The fourth-order valence-electron chi connectivity index (χ4n) is 5.70. The Hall–Kier alpha value is -3.14. The highest BCUT2D eigenvalue weighted by Crippen LogP contribution is 2.52. The Labute approximate surface area is 206 Å². The van der Waals surface area contributed by atoms with Crippen molar-refractivity contribution in [3.8, 4) is 5.75 Å². The Bertz CT molecular complexity index is 1120. The van der Waals surface area contributed by atoms with Crippen molar-refractivity contribution in [1.82, 2.24) is 10.2 Å². The van der Waals surface area contributed by atoms with Crippen LogP contribution in [0.2, 0.25) is 0 Å². The molecule has 0 radical (unpaired) electrons. The standard InChI is InChI=1S/C26H28F4N2O4/c1-35-22-18(9-6-10-20(22)27)19-16-31-21(33)15-24(19)11-13-32(14-12-24)23(34)25(36-2,26(28,29)30)17-7-4-3-5-8-17/h3-10,19H,11-16H2,1-2H3,(H,31,33)/t19-,25+/m0/s1. The van der Waals surface area contributed by atoms with Crippen LogP contribution in [-0.4, -0.2) is 56.7 Å². The maximum absolute atomic E-state index is 14.5. The lowest BCUT2D eigenvalue weighted by atomic mass is 9.62. The number of hydrogen-bond donors (Lipinski definition) is 1. The number of rotatable bonds is 5. The predicted molar refractivity (Wildman–Crippen MR) is 123 cm³/mol. The summed E-state index contributed by atoms with van der Waals surface area (Å²) < 4.78 is 67.9. The fourth-order valence-corrected chi connectivity index (χ4v) is 5.70. The molecule has 2 amide bonds. The van der Waals surface area contributed by atoms with E-state index in [1.54, 1.807) is 18.2 Å². The zero-order valence-electron chi connectivity index (χ0n) is 20.0. The minimum atomic E-state index is -5.00. The van der Waals surface area contributed by atoms with Gasteiger partial charge in [0.15, 0.2) is 11.6 Å². The SMILES string of the molecule is COc1c(F)cccc1[C@@H]1CNC(=O)CC12CCN(C(=O)[C@](OC)(c1ccccc1)C(F)(F)F)CC2. The number of nitrogens with zero attached hydrogens (tertiary/aromatic N) is 1. The number of methoxy groups -OCH3 is 2.